The summed E-state index contributed by atoms with van der Waals surface area (Å²) in [5.41, 5.74) is 11.4. The average Bonchev–Trinajstić information content (AvgIpc) is 2.40. The summed E-state index contributed by atoms with van der Waals surface area (Å²) in [6.07, 6.45) is 2.45. The molecule has 1 aromatic carbocycles. The highest BCUT2D eigenvalue weighted by Gasteiger charge is 1.84. The first-order chi connectivity index (χ1) is 8.76. The SMILES string of the molecule is C.C.C.CCCc1ccccc1.CCN.CCNCCN. The molecule has 0 unspecified atom stereocenters. The van der Waals surface area contributed by atoms with E-state index in [9.17, 15) is 0 Å². The molecule has 0 saturated carbocycles. The molecule has 0 amide bonds. The van der Waals surface area contributed by atoms with Crippen LogP contribution in [0.15, 0.2) is 30.3 Å². The Labute approximate surface area is 135 Å². The van der Waals surface area contributed by atoms with E-state index >= 15 is 0 Å². The first-order valence-corrected chi connectivity index (χ1v) is 6.91. The smallest absolute Gasteiger partial charge is 0.00743 e. The summed E-state index contributed by atoms with van der Waals surface area (Å²) >= 11 is 0. The van der Waals surface area contributed by atoms with Crippen molar-refractivity contribution in [2.24, 2.45) is 11.5 Å². The van der Waals surface area contributed by atoms with Gasteiger partial charge in [-0.1, -0.05) is 79.8 Å². The number of nitrogens with two attached hydrogens (primary N) is 2. The Morgan fingerprint density at radius 2 is 1.38 bits per heavy atom. The molecular weight excluding hydrogens is 258 g/mol. The van der Waals surface area contributed by atoms with Crippen LogP contribution in [-0.4, -0.2) is 26.2 Å². The van der Waals surface area contributed by atoms with Crippen molar-refractivity contribution in [1.82, 2.24) is 5.32 Å². The van der Waals surface area contributed by atoms with Gasteiger partial charge in [-0.2, -0.15) is 0 Å². The minimum atomic E-state index is 0. The van der Waals surface area contributed by atoms with Gasteiger partial charge in [-0.3, -0.25) is 0 Å². The molecule has 0 spiro atoms. The van der Waals surface area contributed by atoms with Gasteiger partial charge in [0, 0.05) is 13.1 Å². The molecule has 0 aliphatic heterocycles. The molecule has 21 heavy (non-hydrogen) atoms. The van der Waals surface area contributed by atoms with E-state index in [1.165, 1.54) is 18.4 Å². The van der Waals surface area contributed by atoms with Crippen molar-refractivity contribution in [3.63, 3.8) is 0 Å². The number of aryl methyl sites for hydroxylation is 1. The molecule has 1 rings (SSSR count). The number of hydrogen-bond acceptors (Lipinski definition) is 3. The van der Waals surface area contributed by atoms with Crippen molar-refractivity contribution in [3.05, 3.63) is 35.9 Å². The van der Waals surface area contributed by atoms with E-state index in [1.54, 1.807) is 0 Å². The van der Waals surface area contributed by atoms with Gasteiger partial charge < -0.3 is 16.8 Å². The van der Waals surface area contributed by atoms with E-state index in [1.807, 2.05) is 6.92 Å². The highest BCUT2D eigenvalue weighted by Crippen LogP contribution is 2.00. The molecule has 3 nitrogen and oxygen atoms in total. The number of likely N-dealkylation sites (N-methyl/N-ethyl adjacent to an activating group) is 1. The van der Waals surface area contributed by atoms with Crippen molar-refractivity contribution in [3.8, 4) is 0 Å². The maximum atomic E-state index is 5.15. The van der Waals surface area contributed by atoms with Gasteiger partial charge in [-0.05, 0) is 25.1 Å². The molecule has 1 aromatic rings. The normalized spacial score (nSPS) is 7.48. The Kier molecular flexibility index (Phi) is 48.2. The number of nitrogens with one attached hydrogen (secondary N) is 1. The minimum absolute atomic E-state index is 0. The first-order valence-electron chi connectivity index (χ1n) is 6.91. The molecule has 0 radical (unpaired) electrons. The van der Waals surface area contributed by atoms with Crippen LogP contribution >= 0.6 is 0 Å². The predicted molar refractivity (Wildman–Crippen MR) is 103 cm³/mol. The van der Waals surface area contributed by atoms with Gasteiger partial charge in [0.05, 0.1) is 0 Å². The zero-order valence-corrected chi connectivity index (χ0v) is 12.3. The van der Waals surface area contributed by atoms with E-state index in [0.29, 0.717) is 0 Å². The lowest BCUT2D eigenvalue weighted by molar-refractivity contribution is 0.725. The summed E-state index contributed by atoms with van der Waals surface area (Å²) in [5, 5.41) is 3.07. The predicted octanol–water partition coefficient (Wildman–Crippen LogP) is 4.07. The molecule has 0 aliphatic carbocycles. The molecule has 0 heterocycles. The molecule has 0 bridgehead atoms. The zero-order valence-electron chi connectivity index (χ0n) is 12.3. The van der Waals surface area contributed by atoms with E-state index in [4.69, 9.17) is 11.5 Å². The van der Waals surface area contributed by atoms with Crippen LogP contribution in [0, 0.1) is 0 Å². The molecule has 0 saturated heterocycles. The molecule has 5 N–H and O–H groups in total. The third-order valence-electron chi connectivity index (χ3n) is 1.95. The van der Waals surface area contributed by atoms with Crippen LogP contribution in [0.5, 0.6) is 0 Å². The Morgan fingerprint density at radius 1 is 0.905 bits per heavy atom. The van der Waals surface area contributed by atoms with E-state index in [0.717, 1.165) is 26.2 Å². The maximum Gasteiger partial charge on any atom is 0.00743 e. The van der Waals surface area contributed by atoms with Crippen molar-refractivity contribution >= 4 is 0 Å². The van der Waals surface area contributed by atoms with Gasteiger partial charge >= 0.3 is 0 Å². The summed E-state index contributed by atoms with van der Waals surface area (Å²) in [4.78, 5) is 0. The van der Waals surface area contributed by atoms with Gasteiger partial charge in [-0.25, -0.2) is 0 Å². The van der Waals surface area contributed by atoms with Crippen molar-refractivity contribution in [2.45, 2.75) is 55.9 Å². The van der Waals surface area contributed by atoms with Crippen molar-refractivity contribution in [1.29, 1.82) is 0 Å². The van der Waals surface area contributed by atoms with Crippen LogP contribution < -0.4 is 16.8 Å². The van der Waals surface area contributed by atoms with Gasteiger partial charge in [-0.15, -0.1) is 0 Å². The topological polar surface area (TPSA) is 64.1 Å². The lowest BCUT2D eigenvalue weighted by atomic mass is 10.1. The second-order valence-electron chi connectivity index (χ2n) is 3.79. The molecular formula is C18H43N3. The minimum Gasteiger partial charge on any atom is -0.331 e. The molecule has 130 valence electrons. The van der Waals surface area contributed by atoms with Crippen molar-refractivity contribution < 1.29 is 0 Å². The maximum absolute atomic E-state index is 5.15. The second-order valence-corrected chi connectivity index (χ2v) is 3.79. The largest absolute Gasteiger partial charge is 0.331 e. The lowest BCUT2D eigenvalue weighted by Crippen LogP contribution is -2.21. The van der Waals surface area contributed by atoms with Crippen molar-refractivity contribution in [2.75, 3.05) is 26.2 Å². The van der Waals surface area contributed by atoms with Crippen LogP contribution in [0.3, 0.4) is 0 Å². The fourth-order valence-electron chi connectivity index (χ4n) is 1.21. The fraction of sp³-hybridized carbons (Fsp3) is 0.667. The number of benzene rings is 1. The van der Waals surface area contributed by atoms with Crippen LogP contribution in [0.1, 0.15) is 55.0 Å². The van der Waals surface area contributed by atoms with Crippen LogP contribution in [0.2, 0.25) is 0 Å². The summed E-state index contributed by atoms with van der Waals surface area (Å²) < 4.78 is 0. The quantitative estimate of drug-likeness (QED) is 0.718. The number of hydrogen-bond donors (Lipinski definition) is 3. The van der Waals surface area contributed by atoms with Crippen LogP contribution in [-0.2, 0) is 6.42 Å². The fourth-order valence-corrected chi connectivity index (χ4v) is 1.21. The van der Waals surface area contributed by atoms with E-state index in [-0.39, 0.29) is 22.3 Å². The highest BCUT2D eigenvalue weighted by molar-refractivity contribution is 5.14. The van der Waals surface area contributed by atoms with Gasteiger partial charge in [0.25, 0.3) is 0 Å². The Hall–Kier alpha value is -0.900. The molecule has 0 fully saturated rings. The summed E-state index contributed by atoms with van der Waals surface area (Å²) in [5.74, 6) is 0. The van der Waals surface area contributed by atoms with Gasteiger partial charge in [0.2, 0.25) is 0 Å². The zero-order chi connectivity index (χ0) is 14.1. The third kappa shape index (κ3) is 32.5. The Bertz CT molecular complexity index is 221. The third-order valence-corrected chi connectivity index (χ3v) is 1.95. The van der Waals surface area contributed by atoms with Gasteiger partial charge in [0.1, 0.15) is 0 Å². The highest BCUT2D eigenvalue weighted by atomic mass is 14.9. The molecule has 0 atom stereocenters. The molecule has 3 heteroatoms. The van der Waals surface area contributed by atoms with E-state index < -0.39 is 0 Å². The number of rotatable bonds is 5. The second kappa shape index (κ2) is 31.5. The standard InChI is InChI=1S/C9H12.C4H12N2.C2H7N.3CH4/c1-2-6-9-7-4-3-5-8-9;1-2-6-4-3-5;1-2-3;;;/h3-5,7-8H,2,6H2,1H3;6H,2-5H2,1H3;2-3H2,1H3;3*1H4. The Balaban J connectivity index is -0.0000000637. The average molecular weight is 302 g/mol. The van der Waals surface area contributed by atoms with Crippen LogP contribution in [0.4, 0.5) is 0 Å². The summed E-state index contributed by atoms with van der Waals surface area (Å²) in [7, 11) is 0. The summed E-state index contributed by atoms with van der Waals surface area (Å²) in [6, 6.07) is 10.6. The monoisotopic (exact) mass is 301 g/mol. The Morgan fingerprint density at radius 3 is 1.67 bits per heavy atom. The lowest BCUT2D eigenvalue weighted by Gasteiger charge is -1.93. The summed E-state index contributed by atoms with van der Waals surface area (Å²) in [6.45, 7) is 9.63. The van der Waals surface area contributed by atoms with Gasteiger partial charge in [0.15, 0.2) is 0 Å². The van der Waals surface area contributed by atoms with Crippen LogP contribution in [0.25, 0.3) is 0 Å². The first kappa shape index (κ1) is 32.2. The molecule has 0 aliphatic rings. The van der Waals surface area contributed by atoms with E-state index in [2.05, 4.69) is 49.5 Å². The molecule has 0 aromatic heterocycles.